The monoisotopic (exact) mass is 249 g/mol. The maximum Gasteiger partial charge on any atom is 0.115 e. The van der Waals surface area contributed by atoms with Crippen LogP contribution in [-0.2, 0) is 6.54 Å². The van der Waals surface area contributed by atoms with Crippen molar-refractivity contribution < 1.29 is 5.11 Å². The van der Waals surface area contributed by atoms with Crippen LogP contribution in [0.2, 0.25) is 0 Å². The number of nitrogens with two attached hydrogens (primary N) is 1. The maximum absolute atomic E-state index is 9.25. The molecule has 100 valence electrons. The van der Waals surface area contributed by atoms with Gasteiger partial charge < -0.3 is 10.8 Å². The van der Waals surface area contributed by atoms with Crippen LogP contribution in [0.15, 0.2) is 24.3 Å². The zero-order valence-electron chi connectivity index (χ0n) is 11.2. The van der Waals surface area contributed by atoms with E-state index in [1.165, 1.54) is 0 Å². The first-order valence-electron chi connectivity index (χ1n) is 6.30. The van der Waals surface area contributed by atoms with E-state index in [4.69, 9.17) is 11.1 Å². The van der Waals surface area contributed by atoms with Crippen LogP contribution >= 0.6 is 0 Å². The van der Waals surface area contributed by atoms with Gasteiger partial charge in [-0.3, -0.25) is 10.3 Å². The van der Waals surface area contributed by atoms with Crippen LogP contribution in [0.1, 0.15) is 25.8 Å². The zero-order chi connectivity index (χ0) is 13.5. The summed E-state index contributed by atoms with van der Waals surface area (Å²) in [5, 5.41) is 16.6. The summed E-state index contributed by atoms with van der Waals surface area (Å²) in [7, 11) is 0. The number of nitrogens with one attached hydrogen (secondary N) is 1. The number of benzene rings is 1. The van der Waals surface area contributed by atoms with E-state index in [0.29, 0.717) is 12.3 Å². The van der Waals surface area contributed by atoms with Gasteiger partial charge in [-0.05, 0) is 23.6 Å². The van der Waals surface area contributed by atoms with E-state index in [0.717, 1.165) is 25.2 Å². The first kappa shape index (κ1) is 14.5. The number of aromatic hydroxyl groups is 1. The van der Waals surface area contributed by atoms with Gasteiger partial charge in [-0.2, -0.15) is 0 Å². The van der Waals surface area contributed by atoms with Crippen molar-refractivity contribution in [2.75, 3.05) is 13.1 Å². The first-order chi connectivity index (χ1) is 8.47. The molecule has 0 aliphatic carbocycles. The molecule has 1 aromatic carbocycles. The number of rotatable bonds is 7. The van der Waals surface area contributed by atoms with Crippen LogP contribution in [0.4, 0.5) is 0 Å². The molecule has 4 heteroatoms. The van der Waals surface area contributed by atoms with Crippen LogP contribution in [0, 0.1) is 11.3 Å². The van der Waals surface area contributed by atoms with Crippen LogP contribution in [0.5, 0.6) is 5.75 Å². The highest BCUT2D eigenvalue weighted by Crippen LogP contribution is 2.13. The summed E-state index contributed by atoms with van der Waals surface area (Å²) < 4.78 is 0. The SMILES string of the molecule is CC(C)CN(CCC(=N)N)Cc1ccc(O)cc1. The fourth-order valence-corrected chi connectivity index (χ4v) is 1.89. The van der Waals surface area contributed by atoms with Crippen molar-refractivity contribution in [1.29, 1.82) is 5.41 Å². The normalized spacial score (nSPS) is 11.1. The second-order valence-electron chi connectivity index (χ2n) is 5.07. The van der Waals surface area contributed by atoms with Crippen molar-refractivity contribution in [3.05, 3.63) is 29.8 Å². The summed E-state index contributed by atoms with van der Waals surface area (Å²) in [5.74, 6) is 1.10. The van der Waals surface area contributed by atoms with E-state index in [1.54, 1.807) is 12.1 Å². The molecule has 0 bridgehead atoms. The maximum atomic E-state index is 9.25. The molecule has 0 aromatic heterocycles. The minimum absolute atomic E-state index is 0.231. The number of hydrogen-bond acceptors (Lipinski definition) is 3. The fourth-order valence-electron chi connectivity index (χ4n) is 1.89. The molecule has 0 heterocycles. The van der Waals surface area contributed by atoms with Gasteiger partial charge in [0, 0.05) is 26.1 Å². The highest BCUT2D eigenvalue weighted by atomic mass is 16.3. The van der Waals surface area contributed by atoms with Gasteiger partial charge in [0.2, 0.25) is 0 Å². The van der Waals surface area contributed by atoms with Crippen LogP contribution < -0.4 is 5.73 Å². The summed E-state index contributed by atoms with van der Waals surface area (Å²) in [4.78, 5) is 2.29. The minimum atomic E-state index is 0.231. The van der Waals surface area contributed by atoms with Crippen LogP contribution in [-0.4, -0.2) is 28.9 Å². The number of hydrogen-bond donors (Lipinski definition) is 3. The fraction of sp³-hybridized carbons (Fsp3) is 0.500. The lowest BCUT2D eigenvalue weighted by atomic mass is 10.1. The third-order valence-electron chi connectivity index (χ3n) is 2.66. The molecule has 4 nitrogen and oxygen atoms in total. The average Bonchev–Trinajstić information content (AvgIpc) is 2.28. The molecule has 1 rings (SSSR count). The molecule has 0 aliphatic rings. The van der Waals surface area contributed by atoms with Gasteiger partial charge in [-0.1, -0.05) is 26.0 Å². The Bertz CT molecular complexity index is 373. The Morgan fingerprint density at radius 1 is 1.33 bits per heavy atom. The highest BCUT2D eigenvalue weighted by molar-refractivity contribution is 5.76. The predicted molar refractivity (Wildman–Crippen MR) is 74.8 cm³/mol. The Morgan fingerprint density at radius 3 is 2.44 bits per heavy atom. The van der Waals surface area contributed by atoms with Crippen molar-refractivity contribution in [3.63, 3.8) is 0 Å². The lowest BCUT2D eigenvalue weighted by Gasteiger charge is -2.24. The third-order valence-corrected chi connectivity index (χ3v) is 2.66. The lowest BCUT2D eigenvalue weighted by Crippen LogP contribution is -2.30. The number of phenols is 1. The molecule has 0 unspecified atom stereocenters. The van der Waals surface area contributed by atoms with Crippen LogP contribution in [0.25, 0.3) is 0 Å². The van der Waals surface area contributed by atoms with E-state index in [1.807, 2.05) is 12.1 Å². The number of phenolic OH excluding ortho intramolecular Hbond substituents is 1. The molecular weight excluding hydrogens is 226 g/mol. The van der Waals surface area contributed by atoms with Gasteiger partial charge in [0.05, 0.1) is 5.84 Å². The van der Waals surface area contributed by atoms with Crippen LogP contribution in [0.3, 0.4) is 0 Å². The summed E-state index contributed by atoms with van der Waals surface area (Å²) in [6.07, 6.45) is 0.602. The standard InChI is InChI=1S/C14H23N3O/c1-11(2)9-17(8-7-14(15)16)10-12-3-5-13(18)6-4-12/h3-6,11,18H,7-10H2,1-2H3,(H3,15,16). The molecule has 4 N–H and O–H groups in total. The summed E-state index contributed by atoms with van der Waals surface area (Å²) >= 11 is 0. The molecule has 1 aromatic rings. The summed E-state index contributed by atoms with van der Waals surface area (Å²) in [6.45, 7) is 6.96. The second kappa shape index (κ2) is 7.01. The van der Waals surface area contributed by atoms with E-state index < -0.39 is 0 Å². The van der Waals surface area contributed by atoms with Crippen molar-refractivity contribution in [2.24, 2.45) is 11.7 Å². The smallest absolute Gasteiger partial charge is 0.115 e. The largest absolute Gasteiger partial charge is 0.508 e. The molecule has 0 radical (unpaired) electrons. The quantitative estimate of drug-likeness (QED) is 0.512. The Hall–Kier alpha value is -1.55. The molecule has 0 amide bonds. The Balaban J connectivity index is 2.59. The average molecular weight is 249 g/mol. The topological polar surface area (TPSA) is 73.3 Å². The van der Waals surface area contributed by atoms with Gasteiger partial charge in [0.1, 0.15) is 5.75 Å². The predicted octanol–water partition coefficient (Wildman–Crippen LogP) is 2.18. The highest BCUT2D eigenvalue weighted by Gasteiger charge is 2.08. The summed E-state index contributed by atoms with van der Waals surface area (Å²) in [6, 6.07) is 7.26. The molecule has 0 spiro atoms. The molecule has 0 fully saturated rings. The Labute approximate surface area is 109 Å². The van der Waals surface area contributed by atoms with E-state index in [2.05, 4.69) is 18.7 Å². The van der Waals surface area contributed by atoms with Crippen molar-refractivity contribution >= 4 is 5.84 Å². The molecule has 0 saturated heterocycles. The number of nitrogens with zero attached hydrogens (tertiary/aromatic N) is 1. The number of amidine groups is 1. The van der Waals surface area contributed by atoms with Gasteiger partial charge in [-0.15, -0.1) is 0 Å². The van der Waals surface area contributed by atoms with Gasteiger partial charge in [0.15, 0.2) is 0 Å². The van der Waals surface area contributed by atoms with Gasteiger partial charge in [-0.25, -0.2) is 0 Å². The molecule has 0 saturated carbocycles. The van der Waals surface area contributed by atoms with Gasteiger partial charge >= 0.3 is 0 Å². The summed E-state index contributed by atoms with van der Waals surface area (Å²) in [5.41, 5.74) is 6.57. The zero-order valence-corrected chi connectivity index (χ0v) is 11.2. The Morgan fingerprint density at radius 2 is 1.94 bits per heavy atom. The first-order valence-corrected chi connectivity index (χ1v) is 6.30. The lowest BCUT2D eigenvalue weighted by molar-refractivity contribution is 0.242. The van der Waals surface area contributed by atoms with E-state index in [9.17, 15) is 5.11 Å². The molecule has 0 aliphatic heterocycles. The molecule has 18 heavy (non-hydrogen) atoms. The third kappa shape index (κ3) is 5.68. The van der Waals surface area contributed by atoms with Crippen molar-refractivity contribution in [1.82, 2.24) is 4.90 Å². The molecular formula is C14H23N3O. The van der Waals surface area contributed by atoms with Crippen molar-refractivity contribution in [3.8, 4) is 5.75 Å². The molecule has 0 atom stereocenters. The van der Waals surface area contributed by atoms with Gasteiger partial charge in [0.25, 0.3) is 0 Å². The Kier molecular flexibility index (Phi) is 5.65. The minimum Gasteiger partial charge on any atom is -0.508 e. The second-order valence-corrected chi connectivity index (χ2v) is 5.07. The van der Waals surface area contributed by atoms with E-state index in [-0.39, 0.29) is 11.6 Å². The van der Waals surface area contributed by atoms with E-state index >= 15 is 0 Å². The van der Waals surface area contributed by atoms with Crippen molar-refractivity contribution in [2.45, 2.75) is 26.8 Å².